The highest BCUT2D eigenvalue weighted by Gasteiger charge is 2.17. The van der Waals surface area contributed by atoms with Crippen LogP contribution in [0.3, 0.4) is 0 Å². The molecule has 0 atom stereocenters. The second-order valence-corrected chi connectivity index (χ2v) is 5.90. The van der Waals surface area contributed by atoms with Crippen molar-refractivity contribution in [2.45, 2.75) is 6.54 Å². The Hall–Kier alpha value is -2.59. The lowest BCUT2D eigenvalue weighted by molar-refractivity contribution is 0.0754. The van der Waals surface area contributed by atoms with Gasteiger partial charge < -0.3 is 9.32 Å². The molecule has 24 heavy (non-hydrogen) atoms. The second-order valence-electron chi connectivity index (χ2n) is 5.46. The standard InChI is InChI=1S/C19H15ClFNO2/c1-22(12-13-3-2-4-15(20)11-13)19(23)18-10-9-17(24-18)14-5-7-16(21)8-6-14/h2-11H,12H2,1H3. The van der Waals surface area contributed by atoms with Crippen molar-refractivity contribution in [2.24, 2.45) is 0 Å². The molecule has 3 rings (SSSR count). The Kier molecular flexibility index (Phi) is 4.67. The van der Waals surface area contributed by atoms with Gasteiger partial charge in [0.2, 0.25) is 0 Å². The van der Waals surface area contributed by atoms with Crippen LogP contribution in [0.2, 0.25) is 5.02 Å². The van der Waals surface area contributed by atoms with Crippen molar-refractivity contribution >= 4 is 17.5 Å². The molecule has 0 N–H and O–H groups in total. The molecule has 1 aromatic heterocycles. The maximum atomic E-state index is 13.0. The Morgan fingerprint density at radius 2 is 1.88 bits per heavy atom. The fraction of sp³-hybridized carbons (Fsp3) is 0.105. The lowest BCUT2D eigenvalue weighted by Crippen LogP contribution is -2.25. The SMILES string of the molecule is CN(Cc1cccc(Cl)c1)C(=O)c1ccc(-c2ccc(F)cc2)o1. The summed E-state index contributed by atoms with van der Waals surface area (Å²) < 4.78 is 18.6. The first-order valence-corrected chi connectivity index (χ1v) is 7.76. The molecule has 5 heteroatoms. The zero-order valence-corrected chi connectivity index (χ0v) is 13.8. The molecule has 0 aliphatic rings. The molecule has 3 aromatic rings. The van der Waals surface area contributed by atoms with E-state index in [0.29, 0.717) is 22.9 Å². The Morgan fingerprint density at radius 3 is 2.58 bits per heavy atom. The van der Waals surface area contributed by atoms with E-state index in [1.54, 1.807) is 42.3 Å². The summed E-state index contributed by atoms with van der Waals surface area (Å²) in [4.78, 5) is 14.0. The minimum Gasteiger partial charge on any atom is -0.451 e. The Balaban J connectivity index is 1.74. The van der Waals surface area contributed by atoms with Gasteiger partial charge in [0.1, 0.15) is 11.6 Å². The minimum atomic E-state index is -0.317. The summed E-state index contributed by atoms with van der Waals surface area (Å²) in [6, 6.07) is 16.6. The van der Waals surface area contributed by atoms with E-state index in [4.69, 9.17) is 16.0 Å². The Bertz CT molecular complexity index is 858. The Labute approximate surface area is 144 Å². The zero-order valence-electron chi connectivity index (χ0n) is 13.0. The third kappa shape index (κ3) is 3.66. The van der Waals surface area contributed by atoms with Gasteiger partial charge in [0.15, 0.2) is 5.76 Å². The number of hydrogen-bond acceptors (Lipinski definition) is 2. The van der Waals surface area contributed by atoms with Crippen molar-refractivity contribution in [3.8, 4) is 11.3 Å². The van der Waals surface area contributed by atoms with E-state index in [1.165, 1.54) is 12.1 Å². The van der Waals surface area contributed by atoms with Crippen LogP contribution < -0.4 is 0 Å². The van der Waals surface area contributed by atoms with Crippen LogP contribution in [0.25, 0.3) is 11.3 Å². The molecule has 2 aromatic carbocycles. The number of carbonyl (C=O) groups is 1. The number of halogens is 2. The van der Waals surface area contributed by atoms with E-state index in [2.05, 4.69) is 0 Å². The van der Waals surface area contributed by atoms with Gasteiger partial charge in [0.25, 0.3) is 5.91 Å². The van der Waals surface area contributed by atoms with E-state index >= 15 is 0 Å². The molecular formula is C19H15ClFNO2. The number of amides is 1. The van der Waals surface area contributed by atoms with Crippen molar-refractivity contribution in [1.82, 2.24) is 4.90 Å². The average Bonchev–Trinajstić information content (AvgIpc) is 3.04. The van der Waals surface area contributed by atoms with Crippen LogP contribution in [0.4, 0.5) is 4.39 Å². The van der Waals surface area contributed by atoms with E-state index < -0.39 is 0 Å². The van der Waals surface area contributed by atoms with Crippen LogP contribution in [-0.2, 0) is 6.54 Å². The van der Waals surface area contributed by atoms with Crippen LogP contribution >= 0.6 is 11.6 Å². The van der Waals surface area contributed by atoms with Crippen LogP contribution in [0.1, 0.15) is 16.1 Å². The highest BCUT2D eigenvalue weighted by Crippen LogP contribution is 2.23. The van der Waals surface area contributed by atoms with Gasteiger partial charge in [-0.1, -0.05) is 23.7 Å². The molecule has 0 saturated heterocycles. The number of carbonyl (C=O) groups excluding carboxylic acids is 1. The number of rotatable bonds is 4. The van der Waals surface area contributed by atoms with Crippen LogP contribution in [0, 0.1) is 5.82 Å². The molecule has 1 amide bonds. The van der Waals surface area contributed by atoms with E-state index in [0.717, 1.165) is 5.56 Å². The quantitative estimate of drug-likeness (QED) is 0.667. The smallest absolute Gasteiger partial charge is 0.289 e. The summed E-state index contributed by atoms with van der Waals surface area (Å²) in [6.07, 6.45) is 0. The van der Waals surface area contributed by atoms with Gasteiger partial charge in [0, 0.05) is 24.2 Å². The highest BCUT2D eigenvalue weighted by molar-refractivity contribution is 6.30. The average molecular weight is 344 g/mol. The van der Waals surface area contributed by atoms with Gasteiger partial charge in [-0.25, -0.2) is 4.39 Å². The topological polar surface area (TPSA) is 33.5 Å². The molecule has 0 aliphatic heterocycles. The first kappa shape index (κ1) is 16.3. The van der Waals surface area contributed by atoms with Gasteiger partial charge in [-0.15, -0.1) is 0 Å². The zero-order chi connectivity index (χ0) is 17.1. The lowest BCUT2D eigenvalue weighted by Gasteiger charge is -2.16. The molecule has 0 unspecified atom stereocenters. The predicted octanol–water partition coefficient (Wildman–Crippen LogP) is 5.01. The molecule has 0 bridgehead atoms. The van der Waals surface area contributed by atoms with Crippen molar-refractivity contribution in [3.63, 3.8) is 0 Å². The molecule has 0 fully saturated rings. The summed E-state index contributed by atoms with van der Waals surface area (Å²) in [5.41, 5.74) is 1.65. The largest absolute Gasteiger partial charge is 0.451 e. The summed E-state index contributed by atoms with van der Waals surface area (Å²) >= 11 is 5.96. The molecule has 0 saturated carbocycles. The molecule has 3 nitrogen and oxygen atoms in total. The summed E-state index contributed by atoms with van der Waals surface area (Å²) in [5, 5.41) is 0.630. The number of hydrogen-bond donors (Lipinski definition) is 0. The molecule has 0 spiro atoms. The Morgan fingerprint density at radius 1 is 1.12 bits per heavy atom. The van der Waals surface area contributed by atoms with Crippen LogP contribution in [0.5, 0.6) is 0 Å². The lowest BCUT2D eigenvalue weighted by atomic mass is 10.2. The molecular weight excluding hydrogens is 329 g/mol. The molecule has 1 heterocycles. The summed E-state index contributed by atoms with van der Waals surface area (Å²) in [7, 11) is 1.70. The monoisotopic (exact) mass is 343 g/mol. The van der Waals surface area contributed by atoms with Crippen molar-refractivity contribution in [2.75, 3.05) is 7.05 Å². The maximum absolute atomic E-state index is 13.0. The van der Waals surface area contributed by atoms with Crippen molar-refractivity contribution < 1.29 is 13.6 Å². The van der Waals surface area contributed by atoms with E-state index in [1.807, 2.05) is 18.2 Å². The third-order valence-electron chi connectivity index (χ3n) is 3.60. The van der Waals surface area contributed by atoms with Gasteiger partial charge in [-0.05, 0) is 54.1 Å². The van der Waals surface area contributed by atoms with Crippen molar-refractivity contribution in [3.05, 3.63) is 82.8 Å². The highest BCUT2D eigenvalue weighted by atomic mass is 35.5. The first-order valence-electron chi connectivity index (χ1n) is 7.38. The fourth-order valence-corrected chi connectivity index (χ4v) is 2.60. The van der Waals surface area contributed by atoms with Crippen molar-refractivity contribution in [1.29, 1.82) is 0 Å². The molecule has 0 aliphatic carbocycles. The van der Waals surface area contributed by atoms with Gasteiger partial charge in [0.05, 0.1) is 0 Å². The maximum Gasteiger partial charge on any atom is 0.289 e. The predicted molar refractivity (Wildman–Crippen MR) is 91.4 cm³/mol. The van der Waals surface area contributed by atoms with Gasteiger partial charge >= 0.3 is 0 Å². The fourth-order valence-electron chi connectivity index (χ4n) is 2.39. The molecule has 0 radical (unpaired) electrons. The number of furan rings is 1. The van der Waals surface area contributed by atoms with Crippen LogP contribution in [-0.4, -0.2) is 17.9 Å². The van der Waals surface area contributed by atoms with E-state index in [9.17, 15) is 9.18 Å². The molecule has 122 valence electrons. The van der Waals surface area contributed by atoms with Crippen LogP contribution in [0.15, 0.2) is 65.1 Å². The van der Waals surface area contributed by atoms with Gasteiger partial charge in [-0.2, -0.15) is 0 Å². The van der Waals surface area contributed by atoms with E-state index in [-0.39, 0.29) is 17.5 Å². The third-order valence-corrected chi connectivity index (χ3v) is 3.84. The minimum absolute atomic E-state index is 0.233. The van der Waals surface area contributed by atoms with Gasteiger partial charge in [-0.3, -0.25) is 4.79 Å². The first-order chi connectivity index (χ1) is 11.5. The summed E-state index contributed by atoms with van der Waals surface area (Å²) in [6.45, 7) is 0.423. The summed E-state index contributed by atoms with van der Waals surface area (Å²) in [5.74, 6) is 0.208. The number of nitrogens with zero attached hydrogens (tertiary/aromatic N) is 1. The normalized spacial score (nSPS) is 10.6. The second kappa shape index (κ2) is 6.89. The number of benzene rings is 2.